The van der Waals surface area contributed by atoms with E-state index >= 15 is 0 Å². The molecule has 3 saturated heterocycles. The van der Waals surface area contributed by atoms with E-state index in [1.807, 2.05) is 20.8 Å². The fraction of sp³-hybridized carbons (Fsp3) is 0.933. The van der Waals surface area contributed by atoms with Crippen LogP contribution in [0.2, 0.25) is 0 Å². The second kappa shape index (κ2) is 5.86. The first-order valence-corrected chi connectivity index (χ1v) is 7.98. The maximum Gasteiger partial charge on any atom is 0.407 e. The van der Waals surface area contributed by atoms with Crippen LogP contribution in [-0.2, 0) is 28.4 Å². The van der Waals surface area contributed by atoms with Gasteiger partial charge in [-0.2, -0.15) is 0 Å². The van der Waals surface area contributed by atoms with Crippen LogP contribution < -0.4 is 5.32 Å². The summed E-state index contributed by atoms with van der Waals surface area (Å²) in [5.41, 5.74) is 0. The molecule has 1 N–H and O–H groups in total. The molecule has 0 aromatic carbocycles. The summed E-state index contributed by atoms with van der Waals surface area (Å²) < 4.78 is 34.5. The van der Waals surface area contributed by atoms with E-state index in [-0.39, 0.29) is 6.10 Å². The molecule has 0 radical (unpaired) electrons. The van der Waals surface area contributed by atoms with Crippen LogP contribution in [0.15, 0.2) is 0 Å². The quantitative estimate of drug-likeness (QED) is 0.830. The van der Waals surface area contributed by atoms with Crippen molar-refractivity contribution in [1.29, 1.82) is 0 Å². The zero-order chi connectivity index (χ0) is 16.8. The van der Waals surface area contributed by atoms with Gasteiger partial charge < -0.3 is 33.7 Å². The van der Waals surface area contributed by atoms with E-state index < -0.39 is 42.3 Å². The van der Waals surface area contributed by atoms with Crippen molar-refractivity contribution in [3.05, 3.63) is 0 Å². The van der Waals surface area contributed by atoms with Gasteiger partial charge in [-0.05, 0) is 34.6 Å². The van der Waals surface area contributed by atoms with E-state index in [0.29, 0.717) is 13.2 Å². The molecule has 1 amide bonds. The number of carbonyl (C=O) groups is 1. The third-order valence-corrected chi connectivity index (χ3v) is 3.99. The summed E-state index contributed by atoms with van der Waals surface area (Å²) in [6.45, 7) is 9.91. The van der Waals surface area contributed by atoms with Gasteiger partial charge in [-0.25, -0.2) is 4.79 Å². The molecular formula is C15H25NO7. The molecule has 8 nitrogen and oxygen atoms in total. The molecule has 0 unspecified atom stereocenters. The normalized spacial score (nSPS) is 40.8. The highest BCUT2D eigenvalue weighted by atomic mass is 16.9. The van der Waals surface area contributed by atoms with Crippen LogP contribution in [0.4, 0.5) is 4.79 Å². The Labute approximate surface area is 135 Å². The molecule has 8 heteroatoms. The number of rotatable bonds is 3. The predicted molar refractivity (Wildman–Crippen MR) is 77.5 cm³/mol. The molecule has 0 aliphatic carbocycles. The number of hydrogen-bond acceptors (Lipinski definition) is 7. The number of alkyl carbamates (subject to hydrolysis) is 1. The largest absolute Gasteiger partial charge is 0.440 e. The molecule has 3 fully saturated rings. The second-order valence-electron chi connectivity index (χ2n) is 6.84. The fourth-order valence-electron chi connectivity index (χ4n) is 3.12. The summed E-state index contributed by atoms with van der Waals surface area (Å²) >= 11 is 0. The highest BCUT2D eigenvalue weighted by Crippen LogP contribution is 2.41. The molecule has 0 bridgehead atoms. The minimum Gasteiger partial charge on any atom is -0.440 e. The summed E-state index contributed by atoms with van der Waals surface area (Å²) in [4.78, 5) is 11.9. The molecule has 132 valence electrons. The summed E-state index contributed by atoms with van der Waals surface area (Å²) in [5, 5.41) is 2.62. The lowest BCUT2D eigenvalue weighted by Crippen LogP contribution is -2.46. The number of fused-ring (bicyclic) bond motifs is 1. The summed E-state index contributed by atoms with van der Waals surface area (Å²) in [7, 11) is 0. The highest BCUT2D eigenvalue weighted by molar-refractivity contribution is 5.67. The van der Waals surface area contributed by atoms with Crippen molar-refractivity contribution in [1.82, 2.24) is 5.32 Å². The molecule has 3 aliphatic rings. The van der Waals surface area contributed by atoms with Gasteiger partial charge in [-0.1, -0.05) is 0 Å². The average molecular weight is 331 g/mol. The van der Waals surface area contributed by atoms with Gasteiger partial charge in [0.2, 0.25) is 0 Å². The minimum atomic E-state index is -0.782. The lowest BCUT2D eigenvalue weighted by atomic mass is 10.1. The van der Waals surface area contributed by atoms with E-state index in [2.05, 4.69) is 5.32 Å². The molecule has 0 aromatic rings. The first kappa shape index (κ1) is 16.9. The summed E-state index contributed by atoms with van der Waals surface area (Å²) in [6, 6.07) is 0. The molecule has 23 heavy (non-hydrogen) atoms. The molecule has 0 spiro atoms. The number of nitrogens with one attached hydrogen (secondary N) is 1. The van der Waals surface area contributed by atoms with Crippen molar-refractivity contribution in [2.75, 3.05) is 13.2 Å². The Morgan fingerprint density at radius 2 is 1.87 bits per heavy atom. The number of ether oxygens (including phenoxy) is 6. The van der Waals surface area contributed by atoms with Gasteiger partial charge in [-0.3, -0.25) is 0 Å². The molecule has 5 atom stereocenters. The Balaban J connectivity index is 1.75. The Bertz CT molecular complexity index is 467. The number of amides is 1. The minimum absolute atomic E-state index is 0.356. The van der Waals surface area contributed by atoms with E-state index in [1.54, 1.807) is 13.8 Å². The smallest absolute Gasteiger partial charge is 0.407 e. The second-order valence-corrected chi connectivity index (χ2v) is 6.84. The Morgan fingerprint density at radius 3 is 2.48 bits per heavy atom. The topological polar surface area (TPSA) is 84.5 Å². The third-order valence-electron chi connectivity index (χ3n) is 3.99. The van der Waals surface area contributed by atoms with Crippen LogP contribution in [0, 0.1) is 0 Å². The zero-order valence-corrected chi connectivity index (χ0v) is 14.2. The van der Waals surface area contributed by atoms with Crippen molar-refractivity contribution in [2.45, 2.75) is 76.9 Å². The maximum absolute atomic E-state index is 11.9. The van der Waals surface area contributed by atoms with E-state index in [4.69, 9.17) is 28.4 Å². The molecule has 0 saturated carbocycles. The number of carbonyl (C=O) groups excluding carboxylic acids is 1. The first-order valence-electron chi connectivity index (χ1n) is 7.98. The molecule has 3 heterocycles. The van der Waals surface area contributed by atoms with Crippen LogP contribution in [0.3, 0.4) is 0 Å². The van der Waals surface area contributed by atoms with Crippen molar-refractivity contribution >= 4 is 6.09 Å². The predicted octanol–water partition coefficient (Wildman–Crippen LogP) is 1.13. The van der Waals surface area contributed by atoms with Crippen LogP contribution in [0.25, 0.3) is 0 Å². The monoisotopic (exact) mass is 331 g/mol. The van der Waals surface area contributed by atoms with E-state index in [0.717, 1.165) is 0 Å². The lowest BCUT2D eigenvalue weighted by molar-refractivity contribution is -0.232. The van der Waals surface area contributed by atoms with Crippen molar-refractivity contribution in [3.63, 3.8) is 0 Å². The van der Waals surface area contributed by atoms with Gasteiger partial charge in [0, 0.05) is 6.54 Å². The fourth-order valence-corrected chi connectivity index (χ4v) is 3.12. The van der Waals surface area contributed by atoms with Crippen molar-refractivity contribution in [2.24, 2.45) is 0 Å². The van der Waals surface area contributed by atoms with Crippen molar-refractivity contribution < 1.29 is 33.2 Å². The lowest BCUT2D eigenvalue weighted by Gasteiger charge is -2.28. The van der Waals surface area contributed by atoms with Crippen LogP contribution >= 0.6 is 0 Å². The van der Waals surface area contributed by atoms with Gasteiger partial charge in [0.25, 0.3) is 0 Å². The van der Waals surface area contributed by atoms with Gasteiger partial charge in [0.1, 0.15) is 12.2 Å². The zero-order valence-electron chi connectivity index (χ0n) is 14.2. The van der Waals surface area contributed by atoms with Gasteiger partial charge in [-0.15, -0.1) is 0 Å². The van der Waals surface area contributed by atoms with Gasteiger partial charge >= 0.3 is 6.09 Å². The number of hydrogen-bond donors (Lipinski definition) is 1. The summed E-state index contributed by atoms with van der Waals surface area (Å²) in [6.07, 6.45) is -3.10. The van der Waals surface area contributed by atoms with Gasteiger partial charge in [0.05, 0.1) is 6.61 Å². The standard InChI is InChI=1S/C15H25NO7/c1-6-16-13(17)20-10-9(8-7-18-14(2,3)21-8)19-12-11(10)22-15(4,5)23-12/h8-12H,6-7H2,1-5H3,(H,16,17)/t8-,9-,10+,11-,12-/m1/s1. The highest BCUT2D eigenvalue weighted by Gasteiger charge is 2.60. The summed E-state index contributed by atoms with van der Waals surface area (Å²) in [5.74, 6) is -1.47. The van der Waals surface area contributed by atoms with E-state index in [1.165, 1.54) is 0 Å². The molecular weight excluding hydrogens is 306 g/mol. The first-order chi connectivity index (χ1) is 10.7. The Hall–Kier alpha value is -0.930. The van der Waals surface area contributed by atoms with Gasteiger partial charge in [0.15, 0.2) is 30.1 Å². The van der Waals surface area contributed by atoms with Crippen molar-refractivity contribution in [3.8, 4) is 0 Å². The van der Waals surface area contributed by atoms with Crippen LogP contribution in [0.1, 0.15) is 34.6 Å². The SMILES string of the molecule is CCNC(=O)O[C@@H]1[C@H]2OC(C)(C)O[C@H]2O[C@@H]1[C@H]1COC(C)(C)O1. The average Bonchev–Trinajstić information content (AvgIpc) is 3.01. The Kier molecular flexibility index (Phi) is 4.31. The van der Waals surface area contributed by atoms with Crippen LogP contribution in [0.5, 0.6) is 0 Å². The molecule has 0 aromatic heterocycles. The molecule has 3 aliphatic heterocycles. The van der Waals surface area contributed by atoms with Crippen LogP contribution in [-0.4, -0.2) is 61.5 Å². The Morgan fingerprint density at radius 1 is 1.13 bits per heavy atom. The maximum atomic E-state index is 11.9. The third kappa shape index (κ3) is 3.46. The van der Waals surface area contributed by atoms with E-state index in [9.17, 15) is 4.79 Å². The molecule has 3 rings (SSSR count).